The van der Waals surface area contributed by atoms with Crippen LogP contribution in [0.5, 0.6) is 11.5 Å². The van der Waals surface area contributed by atoms with Crippen LogP contribution in [-0.2, 0) is 16.0 Å². The molecule has 174 valence electrons. The van der Waals surface area contributed by atoms with Gasteiger partial charge in [0.15, 0.2) is 17.2 Å². The highest BCUT2D eigenvalue weighted by molar-refractivity contribution is 14.1. The van der Waals surface area contributed by atoms with Gasteiger partial charge in [-0.3, -0.25) is 0 Å². The second-order valence-corrected chi connectivity index (χ2v) is 10.5. The maximum atomic E-state index is 12.5. The van der Waals surface area contributed by atoms with Crippen LogP contribution in [0.3, 0.4) is 0 Å². The Kier molecular flexibility index (Phi) is 8.65. The Bertz CT molecular complexity index is 1280. The van der Waals surface area contributed by atoms with Crippen molar-refractivity contribution in [1.82, 2.24) is 0 Å². The van der Waals surface area contributed by atoms with Crippen LogP contribution in [0.2, 0.25) is 0 Å². The van der Waals surface area contributed by atoms with Gasteiger partial charge in [-0.2, -0.15) is 0 Å². The van der Waals surface area contributed by atoms with Crippen molar-refractivity contribution in [3.05, 3.63) is 94.7 Å². The zero-order valence-corrected chi connectivity index (χ0v) is 24.1. The summed E-state index contributed by atoms with van der Waals surface area (Å²) in [7, 11) is 0. The number of hydrogen-bond donors (Lipinski definition) is 0. The number of rotatable bonds is 8. The minimum atomic E-state index is -0.485. The van der Waals surface area contributed by atoms with E-state index in [9.17, 15) is 4.79 Å². The molecule has 1 aliphatic rings. The first-order valence-corrected chi connectivity index (χ1v) is 13.5. The summed E-state index contributed by atoms with van der Waals surface area (Å²) in [5.41, 5.74) is 2.96. The predicted molar refractivity (Wildman–Crippen MR) is 153 cm³/mol. The molecule has 34 heavy (non-hydrogen) atoms. The molecule has 0 atom stereocenters. The largest absolute Gasteiger partial charge is 0.490 e. The van der Waals surface area contributed by atoms with Crippen LogP contribution in [0.4, 0.5) is 0 Å². The van der Waals surface area contributed by atoms with Crippen LogP contribution in [0.1, 0.15) is 23.6 Å². The third kappa shape index (κ3) is 6.19. The van der Waals surface area contributed by atoms with Gasteiger partial charge in [-0.1, -0.05) is 30.3 Å². The number of halogens is 3. The number of benzene rings is 3. The molecule has 0 saturated heterocycles. The molecule has 0 bridgehead atoms. The standard InChI is InChI=1S/C26H20BrI2NO4/c1-2-32-23-14-17(12-21(29)24(23)33-11-10-16-6-4-3-5-7-16)13-22-26(31)34-25(30-22)18-8-9-20(28)19(27)15-18/h3-9,12-15H,2,10-11H2,1H3/b22-13-. The fraction of sp³-hybridized carbons (Fsp3) is 0.154. The van der Waals surface area contributed by atoms with Gasteiger partial charge in [0.1, 0.15) is 0 Å². The molecule has 0 spiro atoms. The molecule has 3 aromatic carbocycles. The van der Waals surface area contributed by atoms with E-state index in [1.807, 2.05) is 55.5 Å². The Hall–Kier alpha value is -1.92. The van der Waals surface area contributed by atoms with Gasteiger partial charge in [0.25, 0.3) is 0 Å². The SMILES string of the molecule is CCOc1cc(/C=C2\N=C(c3ccc(I)c(Br)c3)OC2=O)cc(I)c1OCCc1ccccc1. The molecule has 0 saturated carbocycles. The maximum absolute atomic E-state index is 12.5. The molecule has 4 rings (SSSR count). The van der Waals surface area contributed by atoms with Crippen molar-refractivity contribution >= 4 is 79.1 Å². The van der Waals surface area contributed by atoms with E-state index in [0.29, 0.717) is 24.7 Å². The van der Waals surface area contributed by atoms with Gasteiger partial charge in [0.05, 0.1) is 16.8 Å². The van der Waals surface area contributed by atoms with E-state index in [2.05, 4.69) is 78.2 Å². The van der Waals surface area contributed by atoms with E-state index < -0.39 is 5.97 Å². The number of carbonyl (C=O) groups is 1. The average molecular weight is 744 g/mol. The quantitative estimate of drug-likeness (QED) is 0.142. The minimum absolute atomic E-state index is 0.237. The average Bonchev–Trinajstić information content (AvgIpc) is 3.18. The molecule has 8 heteroatoms. The molecule has 1 aliphatic heterocycles. The Morgan fingerprint density at radius 1 is 1.03 bits per heavy atom. The number of carbonyl (C=O) groups excluding carboxylic acids is 1. The van der Waals surface area contributed by atoms with Crippen molar-refractivity contribution < 1.29 is 19.0 Å². The van der Waals surface area contributed by atoms with Crippen molar-refractivity contribution in [3.8, 4) is 11.5 Å². The summed E-state index contributed by atoms with van der Waals surface area (Å²) in [6.45, 7) is 2.96. The second-order valence-electron chi connectivity index (χ2n) is 7.31. The van der Waals surface area contributed by atoms with Crippen LogP contribution in [0.15, 0.2) is 75.8 Å². The van der Waals surface area contributed by atoms with E-state index in [-0.39, 0.29) is 11.6 Å². The number of cyclic esters (lactones) is 1. The molecule has 3 aromatic rings. The third-order valence-corrected chi connectivity index (χ3v) is 8.04. The highest BCUT2D eigenvalue weighted by atomic mass is 127. The first-order chi connectivity index (χ1) is 16.4. The molecule has 5 nitrogen and oxygen atoms in total. The summed E-state index contributed by atoms with van der Waals surface area (Å²) >= 11 is 7.95. The highest BCUT2D eigenvalue weighted by Crippen LogP contribution is 2.35. The molecule has 0 amide bonds. The fourth-order valence-electron chi connectivity index (χ4n) is 3.31. The number of esters is 1. The lowest BCUT2D eigenvalue weighted by atomic mass is 10.1. The van der Waals surface area contributed by atoms with Crippen molar-refractivity contribution in [2.75, 3.05) is 13.2 Å². The second kappa shape index (κ2) is 11.7. The van der Waals surface area contributed by atoms with E-state index in [4.69, 9.17) is 14.2 Å². The lowest BCUT2D eigenvalue weighted by Crippen LogP contribution is -2.06. The Morgan fingerprint density at radius 3 is 2.56 bits per heavy atom. The molecular weight excluding hydrogens is 724 g/mol. The van der Waals surface area contributed by atoms with Gasteiger partial charge in [-0.05, 0) is 116 Å². The van der Waals surface area contributed by atoms with E-state index >= 15 is 0 Å². The van der Waals surface area contributed by atoms with Crippen LogP contribution >= 0.6 is 61.1 Å². The van der Waals surface area contributed by atoms with Gasteiger partial charge < -0.3 is 14.2 Å². The van der Waals surface area contributed by atoms with E-state index in [1.165, 1.54) is 5.56 Å². The van der Waals surface area contributed by atoms with Gasteiger partial charge in [-0.25, -0.2) is 9.79 Å². The van der Waals surface area contributed by atoms with Crippen LogP contribution in [0.25, 0.3) is 6.08 Å². The molecule has 1 heterocycles. The molecule has 0 N–H and O–H groups in total. The number of aliphatic imine (C=N–C) groups is 1. The smallest absolute Gasteiger partial charge is 0.363 e. The van der Waals surface area contributed by atoms with E-state index in [1.54, 1.807) is 6.08 Å². The molecule has 0 fully saturated rings. The summed E-state index contributed by atoms with van der Waals surface area (Å²) < 4.78 is 20.2. The third-order valence-electron chi connectivity index (χ3n) is 4.90. The van der Waals surface area contributed by atoms with Gasteiger partial charge >= 0.3 is 5.97 Å². The van der Waals surface area contributed by atoms with Crippen LogP contribution < -0.4 is 9.47 Å². The summed E-state index contributed by atoms with van der Waals surface area (Å²) in [4.78, 5) is 16.9. The molecule has 0 aromatic heterocycles. The lowest BCUT2D eigenvalue weighted by molar-refractivity contribution is -0.129. The first-order valence-electron chi connectivity index (χ1n) is 10.6. The number of ether oxygens (including phenoxy) is 3. The van der Waals surface area contributed by atoms with Crippen molar-refractivity contribution in [1.29, 1.82) is 0 Å². The van der Waals surface area contributed by atoms with Crippen LogP contribution in [0, 0.1) is 7.14 Å². The number of hydrogen-bond acceptors (Lipinski definition) is 5. The Morgan fingerprint density at radius 2 is 1.82 bits per heavy atom. The van der Waals surface area contributed by atoms with E-state index in [0.717, 1.165) is 29.2 Å². The summed E-state index contributed by atoms with van der Waals surface area (Å²) in [5.74, 6) is 1.13. The predicted octanol–water partition coefficient (Wildman–Crippen LogP) is 7.02. The Labute approximate surface area is 234 Å². The number of nitrogens with zero attached hydrogens (tertiary/aromatic N) is 1. The first kappa shape index (κ1) is 25.2. The monoisotopic (exact) mass is 743 g/mol. The van der Waals surface area contributed by atoms with Crippen molar-refractivity contribution in [3.63, 3.8) is 0 Å². The zero-order chi connectivity index (χ0) is 24.1. The zero-order valence-electron chi connectivity index (χ0n) is 18.2. The molecule has 0 radical (unpaired) electrons. The summed E-state index contributed by atoms with van der Waals surface area (Å²) in [5, 5.41) is 0. The lowest BCUT2D eigenvalue weighted by Gasteiger charge is -2.15. The van der Waals surface area contributed by atoms with Gasteiger partial charge in [-0.15, -0.1) is 0 Å². The molecule has 0 aliphatic carbocycles. The van der Waals surface area contributed by atoms with Crippen LogP contribution in [-0.4, -0.2) is 25.1 Å². The molecular formula is C26H20BrI2NO4. The van der Waals surface area contributed by atoms with Gasteiger partial charge in [0.2, 0.25) is 5.90 Å². The summed E-state index contributed by atoms with van der Waals surface area (Å²) in [6, 6.07) is 19.7. The molecule has 0 unspecified atom stereocenters. The van der Waals surface area contributed by atoms with Crippen molar-refractivity contribution in [2.24, 2.45) is 4.99 Å². The highest BCUT2D eigenvalue weighted by Gasteiger charge is 2.25. The minimum Gasteiger partial charge on any atom is -0.490 e. The maximum Gasteiger partial charge on any atom is 0.363 e. The van der Waals surface area contributed by atoms with Gasteiger partial charge in [0, 0.05) is 20.0 Å². The topological polar surface area (TPSA) is 57.1 Å². The normalized spacial score (nSPS) is 14.2. The van der Waals surface area contributed by atoms with Crippen molar-refractivity contribution in [2.45, 2.75) is 13.3 Å². The summed E-state index contributed by atoms with van der Waals surface area (Å²) in [6.07, 6.45) is 2.50. The Balaban J connectivity index is 1.57. The fourth-order valence-corrected chi connectivity index (χ4v) is 4.80.